The van der Waals surface area contributed by atoms with Crippen LogP contribution >= 0.6 is 0 Å². The maximum Gasteiger partial charge on any atom is 0.193 e. The van der Waals surface area contributed by atoms with E-state index >= 15 is 0 Å². The molecule has 0 saturated carbocycles. The lowest BCUT2D eigenvalue weighted by Gasteiger charge is -2.32. The highest BCUT2D eigenvalue weighted by Gasteiger charge is 2.33. The number of hydrogen-bond acceptors (Lipinski definition) is 1. The third-order valence-corrected chi connectivity index (χ3v) is 9.30. The lowest BCUT2D eigenvalue weighted by Crippen LogP contribution is -2.38. The average Bonchev–Trinajstić information content (AvgIpc) is 2.55. The van der Waals surface area contributed by atoms with E-state index < -0.39 is 8.32 Å². The van der Waals surface area contributed by atoms with Crippen LogP contribution in [0.1, 0.15) is 70.4 Å². The first-order chi connectivity index (χ1) is 10.7. The molecule has 0 aliphatic heterocycles. The molecular weight excluding hydrogens is 284 g/mol. The molecule has 1 nitrogen and oxygen atoms in total. The second-order valence-electron chi connectivity index (χ2n) is 6.71. The zero-order valence-electron chi connectivity index (χ0n) is 15.3. The quantitative estimate of drug-likeness (QED) is 0.382. The number of hydrogen-bond donors (Lipinski definition) is 0. The lowest BCUT2D eigenvalue weighted by atomic mass is 10.1. The molecule has 0 aliphatic rings. The summed E-state index contributed by atoms with van der Waals surface area (Å²) < 4.78 is 6.74. The molecule has 0 fully saturated rings. The van der Waals surface area contributed by atoms with E-state index in [2.05, 4.69) is 52.0 Å². The van der Waals surface area contributed by atoms with Crippen molar-refractivity contribution in [1.82, 2.24) is 0 Å². The predicted octanol–water partition coefficient (Wildman–Crippen LogP) is 6.86. The van der Waals surface area contributed by atoms with Crippen molar-refractivity contribution in [2.45, 2.75) is 91.0 Å². The predicted molar refractivity (Wildman–Crippen MR) is 101 cm³/mol. The van der Waals surface area contributed by atoms with Crippen LogP contribution in [-0.4, -0.2) is 8.32 Å². The van der Waals surface area contributed by atoms with Crippen LogP contribution in [0.4, 0.5) is 0 Å². The highest BCUT2D eigenvalue weighted by Crippen LogP contribution is 2.30. The van der Waals surface area contributed by atoms with Crippen molar-refractivity contribution in [3.05, 3.63) is 35.4 Å². The minimum absolute atomic E-state index is 0.829. The summed E-state index contributed by atoms with van der Waals surface area (Å²) in [5, 5.41) is 0. The van der Waals surface area contributed by atoms with E-state index in [0.717, 1.165) is 6.61 Å². The fourth-order valence-corrected chi connectivity index (χ4v) is 7.73. The molecule has 0 aromatic heterocycles. The second-order valence-corrected chi connectivity index (χ2v) is 10.9. The van der Waals surface area contributed by atoms with Crippen LogP contribution in [0, 0.1) is 6.92 Å². The summed E-state index contributed by atoms with van der Waals surface area (Å²) in [5.41, 5.74) is 2.75. The van der Waals surface area contributed by atoms with E-state index in [1.165, 1.54) is 67.8 Å². The molecule has 1 aromatic carbocycles. The van der Waals surface area contributed by atoms with E-state index in [-0.39, 0.29) is 0 Å². The van der Waals surface area contributed by atoms with Crippen molar-refractivity contribution >= 4 is 8.32 Å². The van der Waals surface area contributed by atoms with Crippen LogP contribution in [0.15, 0.2) is 24.3 Å². The first-order valence-corrected chi connectivity index (χ1v) is 11.9. The summed E-state index contributed by atoms with van der Waals surface area (Å²) in [7, 11) is -1.56. The number of rotatable bonds is 12. The maximum atomic E-state index is 6.74. The largest absolute Gasteiger partial charge is 0.413 e. The Hall–Kier alpha value is -0.603. The Kier molecular flexibility index (Phi) is 9.73. The maximum absolute atomic E-state index is 6.74. The Labute approximate surface area is 139 Å². The lowest BCUT2D eigenvalue weighted by molar-refractivity contribution is 0.281. The van der Waals surface area contributed by atoms with Gasteiger partial charge in [-0.3, -0.25) is 0 Å². The first-order valence-electron chi connectivity index (χ1n) is 9.36. The Morgan fingerprint density at radius 1 is 0.818 bits per heavy atom. The van der Waals surface area contributed by atoms with Gasteiger partial charge in [0.2, 0.25) is 0 Å². The molecule has 1 aromatic rings. The van der Waals surface area contributed by atoms with Crippen molar-refractivity contribution in [1.29, 1.82) is 0 Å². The Bertz CT molecular complexity index is 381. The monoisotopic (exact) mass is 320 g/mol. The molecule has 1 rings (SSSR count). The minimum atomic E-state index is -1.56. The fourth-order valence-electron chi connectivity index (χ4n) is 3.09. The molecule has 0 unspecified atom stereocenters. The van der Waals surface area contributed by atoms with E-state index in [1.807, 2.05) is 0 Å². The molecule has 0 saturated heterocycles. The zero-order chi connectivity index (χ0) is 16.3. The minimum Gasteiger partial charge on any atom is -0.413 e. The summed E-state index contributed by atoms with van der Waals surface area (Å²) in [6.45, 7) is 9.95. The van der Waals surface area contributed by atoms with Gasteiger partial charge in [0.1, 0.15) is 0 Å². The normalized spacial score (nSPS) is 11.8. The van der Waals surface area contributed by atoms with Gasteiger partial charge in [-0.2, -0.15) is 0 Å². The highest BCUT2D eigenvalue weighted by atomic mass is 28.4. The summed E-state index contributed by atoms with van der Waals surface area (Å²) in [6.07, 6.45) is 7.90. The molecule has 0 spiro atoms. The summed E-state index contributed by atoms with van der Waals surface area (Å²) >= 11 is 0. The third-order valence-electron chi connectivity index (χ3n) is 4.75. The van der Waals surface area contributed by atoms with Gasteiger partial charge >= 0.3 is 0 Å². The summed E-state index contributed by atoms with van der Waals surface area (Å²) in [6, 6.07) is 12.8. The Morgan fingerprint density at radius 3 is 1.77 bits per heavy atom. The van der Waals surface area contributed by atoms with Crippen molar-refractivity contribution in [3.8, 4) is 0 Å². The fraction of sp³-hybridized carbons (Fsp3) is 0.700. The van der Waals surface area contributed by atoms with Gasteiger partial charge in [0.25, 0.3) is 0 Å². The van der Waals surface area contributed by atoms with Crippen LogP contribution in [0.25, 0.3) is 0 Å². The van der Waals surface area contributed by atoms with E-state index in [4.69, 9.17) is 4.43 Å². The van der Waals surface area contributed by atoms with Crippen molar-refractivity contribution in [2.75, 3.05) is 0 Å². The van der Waals surface area contributed by atoms with Crippen LogP contribution < -0.4 is 0 Å². The van der Waals surface area contributed by atoms with Crippen molar-refractivity contribution < 1.29 is 4.43 Å². The molecule has 0 bridgehead atoms. The second kappa shape index (κ2) is 11.0. The van der Waals surface area contributed by atoms with Crippen LogP contribution in [0.3, 0.4) is 0 Å². The molecular formula is C20H36OSi. The topological polar surface area (TPSA) is 9.23 Å². The van der Waals surface area contributed by atoms with Gasteiger partial charge in [0.15, 0.2) is 8.32 Å². The Balaban J connectivity index is 2.78. The summed E-state index contributed by atoms with van der Waals surface area (Å²) in [4.78, 5) is 0. The first kappa shape index (κ1) is 19.4. The van der Waals surface area contributed by atoms with Crippen LogP contribution in [0.2, 0.25) is 18.1 Å². The molecule has 0 amide bonds. The van der Waals surface area contributed by atoms with Gasteiger partial charge in [-0.15, -0.1) is 0 Å². The standard InChI is InChI=1S/C20H36OSi/c1-5-8-15-22(16-9-6-2,17-10-7-3)21-18-20-14-12-11-13-19(20)4/h11-14H,5-10,15-18H2,1-4H3. The number of benzene rings is 1. The average molecular weight is 321 g/mol. The van der Waals surface area contributed by atoms with Gasteiger partial charge < -0.3 is 4.43 Å². The highest BCUT2D eigenvalue weighted by molar-refractivity contribution is 6.73. The molecule has 2 heteroatoms. The third kappa shape index (κ3) is 6.66. The van der Waals surface area contributed by atoms with Gasteiger partial charge in [0.05, 0.1) is 6.61 Å². The van der Waals surface area contributed by atoms with E-state index in [1.54, 1.807) is 0 Å². The van der Waals surface area contributed by atoms with Gasteiger partial charge in [-0.05, 0) is 36.2 Å². The Morgan fingerprint density at radius 2 is 1.32 bits per heavy atom. The van der Waals surface area contributed by atoms with E-state index in [0.29, 0.717) is 0 Å². The van der Waals surface area contributed by atoms with Crippen molar-refractivity contribution in [2.24, 2.45) is 0 Å². The molecule has 0 radical (unpaired) electrons. The van der Waals surface area contributed by atoms with Gasteiger partial charge in [-0.25, -0.2) is 0 Å². The zero-order valence-corrected chi connectivity index (χ0v) is 16.3. The molecule has 22 heavy (non-hydrogen) atoms. The molecule has 126 valence electrons. The smallest absolute Gasteiger partial charge is 0.193 e. The number of aryl methyl sites for hydroxylation is 1. The molecule has 0 N–H and O–H groups in total. The van der Waals surface area contributed by atoms with Gasteiger partial charge in [-0.1, -0.05) is 83.6 Å². The SMILES string of the molecule is CCCC[Si](CCCC)(CCCC)OCc1ccccc1C. The van der Waals surface area contributed by atoms with Crippen LogP contribution in [-0.2, 0) is 11.0 Å². The molecule has 0 aliphatic carbocycles. The van der Waals surface area contributed by atoms with E-state index in [9.17, 15) is 0 Å². The van der Waals surface area contributed by atoms with Gasteiger partial charge in [0, 0.05) is 0 Å². The number of unbranched alkanes of at least 4 members (excludes halogenated alkanes) is 3. The molecule has 0 atom stereocenters. The van der Waals surface area contributed by atoms with Crippen LogP contribution in [0.5, 0.6) is 0 Å². The summed E-state index contributed by atoms with van der Waals surface area (Å²) in [5.74, 6) is 0. The van der Waals surface area contributed by atoms with Crippen molar-refractivity contribution in [3.63, 3.8) is 0 Å². The molecule has 0 heterocycles.